The van der Waals surface area contributed by atoms with E-state index < -0.39 is 12.1 Å². The van der Waals surface area contributed by atoms with Crippen molar-refractivity contribution < 1.29 is 19.1 Å². The number of likely N-dealkylation sites (tertiary alicyclic amines) is 1. The quantitative estimate of drug-likeness (QED) is 0.640. The monoisotopic (exact) mass is 484 g/mol. The number of benzene rings is 1. The van der Waals surface area contributed by atoms with Crippen LogP contribution in [0.5, 0.6) is 0 Å². The SMILES string of the molecule is CCCN1CCN(c2ccc(C(=O)NC(CC(C)(C)C)C(=O)N3CC[C@H]4OCC(=O)[C@H]43)cc2)CC1. The van der Waals surface area contributed by atoms with Gasteiger partial charge in [0.05, 0.1) is 6.10 Å². The molecule has 0 aliphatic carbocycles. The molecule has 1 unspecified atom stereocenters. The molecule has 8 heteroatoms. The molecule has 3 saturated heterocycles. The number of ketones is 1. The molecule has 35 heavy (non-hydrogen) atoms. The number of nitrogens with one attached hydrogen (secondary N) is 1. The van der Waals surface area contributed by atoms with E-state index in [1.165, 1.54) is 6.42 Å². The van der Waals surface area contributed by atoms with E-state index in [1.54, 1.807) is 4.90 Å². The van der Waals surface area contributed by atoms with Crippen LogP contribution >= 0.6 is 0 Å². The number of hydrogen-bond acceptors (Lipinski definition) is 6. The Morgan fingerprint density at radius 2 is 1.77 bits per heavy atom. The fourth-order valence-corrected chi connectivity index (χ4v) is 5.47. The Labute approximate surface area is 209 Å². The van der Waals surface area contributed by atoms with Crippen molar-refractivity contribution in [2.24, 2.45) is 5.41 Å². The topological polar surface area (TPSA) is 82.2 Å². The maximum absolute atomic E-state index is 13.5. The second-order valence-electron chi connectivity index (χ2n) is 11.2. The van der Waals surface area contributed by atoms with Crippen LogP contribution in [-0.4, -0.2) is 91.5 Å². The zero-order valence-corrected chi connectivity index (χ0v) is 21.6. The van der Waals surface area contributed by atoms with Gasteiger partial charge in [-0.15, -0.1) is 0 Å². The first-order chi connectivity index (χ1) is 16.7. The maximum Gasteiger partial charge on any atom is 0.251 e. The average molecular weight is 485 g/mol. The molecule has 0 spiro atoms. The number of Topliss-reactive ketones (excluding diaryl/α,β-unsaturated/α-hetero) is 1. The third kappa shape index (κ3) is 6.04. The molecule has 8 nitrogen and oxygen atoms in total. The third-order valence-electron chi connectivity index (χ3n) is 7.22. The third-order valence-corrected chi connectivity index (χ3v) is 7.22. The summed E-state index contributed by atoms with van der Waals surface area (Å²) in [5.41, 5.74) is 1.47. The normalized spacial score (nSPS) is 23.9. The van der Waals surface area contributed by atoms with Crippen molar-refractivity contribution in [1.82, 2.24) is 15.1 Å². The lowest BCUT2D eigenvalue weighted by molar-refractivity contribution is -0.138. The van der Waals surface area contributed by atoms with Crippen molar-refractivity contribution >= 4 is 23.3 Å². The molecule has 0 radical (unpaired) electrons. The summed E-state index contributed by atoms with van der Waals surface area (Å²) < 4.78 is 5.54. The second kappa shape index (κ2) is 10.7. The van der Waals surface area contributed by atoms with Crippen molar-refractivity contribution in [3.8, 4) is 0 Å². The smallest absolute Gasteiger partial charge is 0.251 e. The Morgan fingerprint density at radius 3 is 2.40 bits per heavy atom. The van der Waals surface area contributed by atoms with E-state index in [0.717, 1.165) is 38.4 Å². The van der Waals surface area contributed by atoms with Gasteiger partial charge >= 0.3 is 0 Å². The predicted molar refractivity (Wildman–Crippen MR) is 136 cm³/mol. The summed E-state index contributed by atoms with van der Waals surface area (Å²) in [6.07, 6.45) is 2.10. The lowest BCUT2D eigenvalue weighted by Gasteiger charge is -2.36. The van der Waals surface area contributed by atoms with Crippen LogP contribution in [0.2, 0.25) is 0 Å². The molecule has 0 bridgehead atoms. The number of anilines is 1. The van der Waals surface area contributed by atoms with Crippen molar-refractivity contribution in [2.75, 3.05) is 50.8 Å². The molecule has 3 fully saturated rings. The van der Waals surface area contributed by atoms with Gasteiger partial charge in [-0.05, 0) is 55.5 Å². The molecule has 3 heterocycles. The second-order valence-corrected chi connectivity index (χ2v) is 11.2. The minimum Gasteiger partial charge on any atom is -0.369 e. The summed E-state index contributed by atoms with van der Waals surface area (Å²) in [5.74, 6) is -0.509. The fourth-order valence-electron chi connectivity index (χ4n) is 5.47. The Balaban J connectivity index is 1.41. The Kier molecular flexibility index (Phi) is 7.81. The molecule has 2 amide bonds. The van der Waals surface area contributed by atoms with E-state index in [1.807, 2.05) is 45.0 Å². The molecular weight excluding hydrogens is 444 g/mol. The van der Waals surface area contributed by atoms with Crippen molar-refractivity contribution in [3.05, 3.63) is 29.8 Å². The van der Waals surface area contributed by atoms with Crippen LogP contribution in [-0.2, 0) is 14.3 Å². The zero-order chi connectivity index (χ0) is 25.2. The highest BCUT2D eigenvalue weighted by molar-refractivity contribution is 5.99. The largest absolute Gasteiger partial charge is 0.369 e. The summed E-state index contributed by atoms with van der Waals surface area (Å²) in [5, 5.41) is 2.98. The molecule has 0 aromatic heterocycles. The molecule has 3 aliphatic rings. The van der Waals surface area contributed by atoms with Crippen LogP contribution in [0.4, 0.5) is 5.69 Å². The number of ether oxygens (including phenoxy) is 1. The summed E-state index contributed by atoms with van der Waals surface area (Å²) in [6.45, 7) is 14.1. The van der Waals surface area contributed by atoms with Gasteiger partial charge in [-0.25, -0.2) is 0 Å². The molecule has 1 aromatic carbocycles. The number of carbonyl (C=O) groups is 3. The highest BCUT2D eigenvalue weighted by Gasteiger charge is 2.48. The lowest BCUT2D eigenvalue weighted by Crippen LogP contribution is -2.53. The molecule has 4 rings (SSSR count). The predicted octanol–water partition coefficient (Wildman–Crippen LogP) is 2.32. The van der Waals surface area contributed by atoms with Crippen LogP contribution in [0.3, 0.4) is 0 Å². The fraction of sp³-hybridized carbons (Fsp3) is 0.667. The van der Waals surface area contributed by atoms with Crippen LogP contribution in [0.25, 0.3) is 0 Å². The van der Waals surface area contributed by atoms with Gasteiger partial charge in [-0.1, -0.05) is 27.7 Å². The van der Waals surface area contributed by atoms with Gasteiger partial charge in [0, 0.05) is 44.0 Å². The Morgan fingerprint density at radius 1 is 1.09 bits per heavy atom. The number of rotatable bonds is 7. The van der Waals surface area contributed by atoms with E-state index in [4.69, 9.17) is 4.74 Å². The number of carbonyl (C=O) groups excluding carboxylic acids is 3. The highest BCUT2D eigenvalue weighted by atomic mass is 16.5. The van der Waals surface area contributed by atoms with E-state index in [0.29, 0.717) is 24.9 Å². The number of piperazine rings is 1. The maximum atomic E-state index is 13.5. The van der Waals surface area contributed by atoms with Gasteiger partial charge in [-0.2, -0.15) is 0 Å². The first-order valence-electron chi connectivity index (χ1n) is 13.0. The highest BCUT2D eigenvalue weighted by Crippen LogP contribution is 2.30. The van der Waals surface area contributed by atoms with Crippen LogP contribution < -0.4 is 10.2 Å². The van der Waals surface area contributed by atoms with E-state index in [2.05, 4.69) is 22.0 Å². The van der Waals surface area contributed by atoms with Gasteiger partial charge in [0.1, 0.15) is 18.7 Å². The average Bonchev–Trinajstić information content (AvgIpc) is 3.41. The summed E-state index contributed by atoms with van der Waals surface area (Å²) >= 11 is 0. The molecule has 3 aliphatic heterocycles. The number of hydrogen-bond donors (Lipinski definition) is 1. The van der Waals surface area contributed by atoms with Gasteiger partial charge in [0.2, 0.25) is 5.91 Å². The van der Waals surface area contributed by atoms with Gasteiger partial charge in [-0.3, -0.25) is 19.3 Å². The lowest BCUT2D eigenvalue weighted by atomic mass is 9.87. The van der Waals surface area contributed by atoms with Crippen molar-refractivity contribution in [2.45, 2.75) is 65.1 Å². The van der Waals surface area contributed by atoms with Crippen LogP contribution in [0, 0.1) is 5.41 Å². The van der Waals surface area contributed by atoms with E-state index in [9.17, 15) is 14.4 Å². The van der Waals surface area contributed by atoms with E-state index in [-0.39, 0.29) is 35.7 Å². The number of fused-ring (bicyclic) bond motifs is 1. The minimum absolute atomic E-state index is 0.0483. The van der Waals surface area contributed by atoms with Crippen molar-refractivity contribution in [3.63, 3.8) is 0 Å². The molecule has 3 atom stereocenters. The molecule has 0 saturated carbocycles. The first-order valence-corrected chi connectivity index (χ1v) is 13.0. The zero-order valence-electron chi connectivity index (χ0n) is 21.6. The Hall–Kier alpha value is -2.45. The summed E-state index contributed by atoms with van der Waals surface area (Å²) in [6, 6.07) is 6.44. The van der Waals surface area contributed by atoms with Gasteiger partial charge in [0.15, 0.2) is 5.78 Å². The molecule has 192 valence electrons. The van der Waals surface area contributed by atoms with Crippen LogP contribution in [0.15, 0.2) is 24.3 Å². The summed E-state index contributed by atoms with van der Waals surface area (Å²) in [4.78, 5) is 45.4. The first kappa shape index (κ1) is 25.6. The van der Waals surface area contributed by atoms with E-state index >= 15 is 0 Å². The number of nitrogens with zero attached hydrogens (tertiary/aromatic N) is 3. The minimum atomic E-state index is -0.694. The molecule has 1 aromatic rings. The van der Waals surface area contributed by atoms with Gasteiger partial charge in [0.25, 0.3) is 5.91 Å². The Bertz CT molecular complexity index is 918. The molecular formula is C27H40N4O4. The summed E-state index contributed by atoms with van der Waals surface area (Å²) in [7, 11) is 0. The van der Waals surface area contributed by atoms with Crippen LogP contribution in [0.1, 0.15) is 57.3 Å². The molecule has 1 N–H and O–H groups in total. The van der Waals surface area contributed by atoms with Crippen molar-refractivity contribution in [1.29, 1.82) is 0 Å². The van der Waals surface area contributed by atoms with Gasteiger partial charge < -0.3 is 19.9 Å². The standard InChI is InChI=1S/C27H40N4O4/c1-5-11-29-13-15-30(16-14-29)20-8-6-19(7-9-20)25(33)28-21(17-27(2,3)4)26(34)31-12-10-23-24(31)22(32)18-35-23/h6-9,21,23-24H,5,10-18H2,1-4H3,(H,28,33)/t21?,23-,24-/m1/s1. The number of amides is 2.